The largest absolute Gasteiger partial charge is 0.482 e. The van der Waals surface area contributed by atoms with E-state index in [0.29, 0.717) is 26.7 Å². The van der Waals surface area contributed by atoms with E-state index >= 15 is 0 Å². The molecule has 1 N–H and O–H groups in total. The van der Waals surface area contributed by atoms with Gasteiger partial charge in [-0.25, -0.2) is 4.79 Å². The molecule has 1 amide bonds. The molecule has 0 spiro atoms. The summed E-state index contributed by atoms with van der Waals surface area (Å²) in [4.78, 5) is 36.0. The van der Waals surface area contributed by atoms with E-state index in [0.717, 1.165) is 24.7 Å². The van der Waals surface area contributed by atoms with Crippen LogP contribution >= 0.6 is 23.1 Å². The van der Waals surface area contributed by atoms with E-state index in [4.69, 9.17) is 13.9 Å². The second-order valence-corrected chi connectivity index (χ2v) is 9.23. The van der Waals surface area contributed by atoms with E-state index in [9.17, 15) is 14.4 Å². The molecule has 1 aliphatic rings. The number of esters is 1. The highest BCUT2D eigenvalue weighted by Crippen LogP contribution is 2.32. The van der Waals surface area contributed by atoms with Gasteiger partial charge in [0.2, 0.25) is 22.2 Å². The van der Waals surface area contributed by atoms with Crippen LogP contribution < -0.4 is 20.2 Å². The number of ether oxygens (including phenoxy) is 2. The maximum atomic E-state index is 12.3. The Bertz CT molecular complexity index is 1190. The number of aryl methyl sites for hydroxylation is 1. The van der Waals surface area contributed by atoms with Crippen molar-refractivity contribution in [1.82, 2.24) is 10.2 Å². The van der Waals surface area contributed by atoms with Crippen LogP contribution in [-0.2, 0) is 15.3 Å². The molecule has 9 nitrogen and oxygen atoms in total. The van der Waals surface area contributed by atoms with Gasteiger partial charge in [-0.1, -0.05) is 41.3 Å². The van der Waals surface area contributed by atoms with Gasteiger partial charge in [0.25, 0.3) is 0 Å². The van der Waals surface area contributed by atoms with Crippen LogP contribution in [0, 0.1) is 12.8 Å². The second-order valence-electron chi connectivity index (χ2n) is 7.03. The summed E-state index contributed by atoms with van der Waals surface area (Å²) in [5, 5.41) is 11.1. The highest BCUT2D eigenvalue weighted by atomic mass is 32.2. The molecule has 3 aromatic rings. The Hall–Kier alpha value is -3.18. The third-order valence-corrected chi connectivity index (χ3v) is 6.43. The zero-order valence-electron chi connectivity index (χ0n) is 17.0. The Morgan fingerprint density at radius 2 is 2.06 bits per heavy atom. The molecule has 0 saturated heterocycles. The molecule has 0 bridgehead atoms. The van der Waals surface area contributed by atoms with Crippen molar-refractivity contribution in [2.45, 2.75) is 29.9 Å². The molecule has 166 valence electrons. The summed E-state index contributed by atoms with van der Waals surface area (Å²) in [7, 11) is 0. The lowest BCUT2D eigenvalue weighted by molar-refractivity contribution is -0.136. The van der Waals surface area contributed by atoms with Crippen molar-refractivity contribution in [2.75, 3.05) is 11.9 Å². The Morgan fingerprint density at radius 1 is 1.25 bits per heavy atom. The molecular weight excluding hydrogens is 454 g/mol. The molecule has 0 aliphatic heterocycles. The van der Waals surface area contributed by atoms with Crippen LogP contribution in [0.5, 0.6) is 11.5 Å². The Balaban J connectivity index is 1.27. The van der Waals surface area contributed by atoms with Crippen molar-refractivity contribution in [3.8, 4) is 11.5 Å². The van der Waals surface area contributed by atoms with Crippen LogP contribution in [0.3, 0.4) is 0 Å². The average molecular weight is 474 g/mol. The van der Waals surface area contributed by atoms with Gasteiger partial charge in [0.05, 0.1) is 5.75 Å². The summed E-state index contributed by atoms with van der Waals surface area (Å²) in [5.41, 5.74) is 0.403. The molecule has 2 aromatic heterocycles. The van der Waals surface area contributed by atoms with Gasteiger partial charge in [0.1, 0.15) is 17.8 Å². The highest BCUT2D eigenvalue weighted by Gasteiger charge is 2.30. The number of hydrogen-bond acceptors (Lipinski definition) is 10. The van der Waals surface area contributed by atoms with Crippen molar-refractivity contribution in [3.05, 3.63) is 58.1 Å². The molecule has 32 heavy (non-hydrogen) atoms. The summed E-state index contributed by atoms with van der Waals surface area (Å²) < 4.78 is 16.5. The first-order valence-electron chi connectivity index (χ1n) is 9.76. The summed E-state index contributed by atoms with van der Waals surface area (Å²) in [6.45, 7) is 1.53. The van der Waals surface area contributed by atoms with Gasteiger partial charge >= 0.3 is 5.97 Å². The van der Waals surface area contributed by atoms with Crippen LogP contribution in [0.1, 0.15) is 24.2 Å². The predicted octanol–water partition coefficient (Wildman–Crippen LogP) is 3.42. The Labute approximate surface area is 191 Å². The first-order chi connectivity index (χ1) is 15.5. The molecule has 0 atom stereocenters. The topological polar surface area (TPSA) is 121 Å². The first kappa shape index (κ1) is 22.0. The smallest absolute Gasteiger partial charge is 0.349 e. The van der Waals surface area contributed by atoms with E-state index in [1.807, 2.05) is 19.1 Å². The molecule has 1 aromatic carbocycles. The van der Waals surface area contributed by atoms with E-state index in [1.54, 1.807) is 12.1 Å². The standard InChI is InChI=1S/C21H19N3O6S2/c1-12-4-2-3-5-16(12)29-10-18(26)30-17-9-28-14(8-15(17)25)11-31-21-24-23-20(32-21)22-19(27)13-6-7-13/h2-5,8-9,13H,6-7,10-11H2,1H3,(H,22,23,27). The van der Waals surface area contributed by atoms with Crippen LogP contribution in [0.4, 0.5) is 5.13 Å². The maximum Gasteiger partial charge on any atom is 0.349 e. The minimum atomic E-state index is -0.711. The van der Waals surface area contributed by atoms with Crippen LogP contribution in [0.25, 0.3) is 0 Å². The zero-order valence-corrected chi connectivity index (χ0v) is 18.7. The van der Waals surface area contributed by atoms with Gasteiger partial charge in [-0.05, 0) is 31.4 Å². The summed E-state index contributed by atoms with van der Waals surface area (Å²) >= 11 is 2.57. The lowest BCUT2D eigenvalue weighted by Gasteiger charge is -2.08. The van der Waals surface area contributed by atoms with Crippen molar-refractivity contribution < 1.29 is 23.5 Å². The number of rotatable bonds is 9. The number of anilines is 1. The zero-order chi connectivity index (χ0) is 22.5. The van der Waals surface area contributed by atoms with Crippen molar-refractivity contribution in [3.63, 3.8) is 0 Å². The minimum Gasteiger partial charge on any atom is -0.482 e. The average Bonchev–Trinajstić information content (AvgIpc) is 3.54. The number of para-hydroxylation sites is 1. The molecule has 0 radical (unpaired) electrons. The van der Waals surface area contributed by atoms with Gasteiger partial charge in [-0.3, -0.25) is 9.59 Å². The monoisotopic (exact) mass is 473 g/mol. The first-order valence-corrected chi connectivity index (χ1v) is 11.6. The fraction of sp³-hybridized carbons (Fsp3) is 0.286. The number of carbonyl (C=O) groups excluding carboxylic acids is 2. The van der Waals surface area contributed by atoms with Crippen molar-refractivity contribution >= 4 is 40.1 Å². The number of nitrogens with one attached hydrogen (secondary N) is 1. The number of thioether (sulfide) groups is 1. The molecule has 1 fully saturated rings. The molecule has 1 aliphatic carbocycles. The molecule has 4 rings (SSSR count). The fourth-order valence-electron chi connectivity index (χ4n) is 2.60. The Morgan fingerprint density at radius 3 is 2.81 bits per heavy atom. The van der Waals surface area contributed by atoms with E-state index < -0.39 is 11.4 Å². The second kappa shape index (κ2) is 9.96. The highest BCUT2D eigenvalue weighted by molar-refractivity contribution is 8.00. The van der Waals surface area contributed by atoms with Crippen molar-refractivity contribution in [2.24, 2.45) is 5.92 Å². The van der Waals surface area contributed by atoms with Crippen LogP contribution in [0.2, 0.25) is 0 Å². The van der Waals surface area contributed by atoms with E-state index in [1.165, 1.54) is 29.2 Å². The lowest BCUT2D eigenvalue weighted by atomic mass is 10.2. The third-order valence-electron chi connectivity index (χ3n) is 4.44. The van der Waals surface area contributed by atoms with Gasteiger partial charge in [0.15, 0.2) is 10.9 Å². The Kier molecular flexibility index (Phi) is 6.86. The maximum absolute atomic E-state index is 12.3. The molecule has 11 heteroatoms. The summed E-state index contributed by atoms with van der Waals surface area (Å²) in [6.07, 6.45) is 2.93. The number of amides is 1. The van der Waals surface area contributed by atoms with E-state index in [-0.39, 0.29) is 24.2 Å². The number of carbonyl (C=O) groups is 2. The minimum absolute atomic E-state index is 0.0295. The molecule has 2 heterocycles. The normalized spacial score (nSPS) is 12.9. The molecular formula is C21H19N3O6S2. The summed E-state index contributed by atoms with van der Waals surface area (Å²) in [6, 6.07) is 8.52. The van der Waals surface area contributed by atoms with Gasteiger partial charge in [0, 0.05) is 12.0 Å². The molecule has 0 unspecified atom stereocenters. The lowest BCUT2D eigenvalue weighted by Crippen LogP contribution is -2.21. The van der Waals surface area contributed by atoms with Crippen LogP contribution in [0.15, 0.2) is 50.1 Å². The number of benzene rings is 1. The van der Waals surface area contributed by atoms with Crippen molar-refractivity contribution in [1.29, 1.82) is 0 Å². The summed E-state index contributed by atoms with van der Waals surface area (Å²) in [5.74, 6) is 0.412. The predicted molar refractivity (Wildman–Crippen MR) is 118 cm³/mol. The SMILES string of the molecule is Cc1ccccc1OCC(=O)Oc1coc(CSc2nnc(NC(=O)C3CC3)s2)cc1=O. The third kappa shape index (κ3) is 5.95. The van der Waals surface area contributed by atoms with E-state index in [2.05, 4.69) is 15.5 Å². The number of nitrogens with zero attached hydrogens (tertiary/aromatic N) is 2. The molecule has 1 saturated carbocycles. The van der Waals surface area contributed by atoms with Gasteiger partial charge in [-0.2, -0.15) is 0 Å². The number of aromatic nitrogens is 2. The number of hydrogen-bond donors (Lipinski definition) is 1. The van der Waals surface area contributed by atoms with Crippen LogP contribution in [-0.4, -0.2) is 28.7 Å². The van der Waals surface area contributed by atoms with Gasteiger partial charge < -0.3 is 19.2 Å². The van der Waals surface area contributed by atoms with Gasteiger partial charge in [-0.15, -0.1) is 10.2 Å². The quantitative estimate of drug-likeness (QED) is 0.283. The fourth-order valence-corrected chi connectivity index (χ4v) is 4.25.